The highest BCUT2D eigenvalue weighted by molar-refractivity contribution is 5.64. The summed E-state index contributed by atoms with van der Waals surface area (Å²) in [6, 6.07) is 13.4. The summed E-state index contributed by atoms with van der Waals surface area (Å²) >= 11 is 0. The Bertz CT molecular complexity index is 920. The molecule has 0 amide bonds. The summed E-state index contributed by atoms with van der Waals surface area (Å²) in [5.41, 5.74) is 1.84. The topological polar surface area (TPSA) is 90.4 Å². The van der Waals surface area contributed by atoms with E-state index in [1.165, 1.54) is 0 Å². The van der Waals surface area contributed by atoms with Gasteiger partial charge >= 0.3 is 0 Å². The second kappa shape index (κ2) is 9.40. The van der Waals surface area contributed by atoms with E-state index in [0.29, 0.717) is 29.8 Å². The van der Waals surface area contributed by atoms with Crippen molar-refractivity contribution in [3.8, 4) is 17.2 Å². The molecule has 28 heavy (non-hydrogen) atoms. The van der Waals surface area contributed by atoms with Crippen LogP contribution in [0.2, 0.25) is 0 Å². The SMILES string of the molecule is COc1ccc(Nc2nncc(NCCc3ccccc3OC)n2)c(OC)c1. The van der Waals surface area contributed by atoms with Gasteiger partial charge in [-0.2, -0.15) is 10.1 Å². The van der Waals surface area contributed by atoms with Gasteiger partial charge in [0.25, 0.3) is 0 Å². The number of benzene rings is 2. The van der Waals surface area contributed by atoms with E-state index < -0.39 is 0 Å². The van der Waals surface area contributed by atoms with Crippen molar-refractivity contribution in [3.05, 3.63) is 54.2 Å². The maximum absolute atomic E-state index is 5.38. The fraction of sp³-hybridized carbons (Fsp3) is 0.250. The Morgan fingerprint density at radius 1 is 0.929 bits per heavy atom. The first-order chi connectivity index (χ1) is 13.7. The lowest BCUT2D eigenvalue weighted by Crippen LogP contribution is -2.09. The molecule has 0 unspecified atom stereocenters. The van der Waals surface area contributed by atoms with E-state index in [-0.39, 0.29) is 0 Å². The summed E-state index contributed by atoms with van der Waals surface area (Å²) in [6.45, 7) is 0.685. The lowest BCUT2D eigenvalue weighted by Gasteiger charge is -2.12. The van der Waals surface area contributed by atoms with Crippen LogP contribution >= 0.6 is 0 Å². The minimum absolute atomic E-state index is 0.366. The van der Waals surface area contributed by atoms with Crippen molar-refractivity contribution in [2.45, 2.75) is 6.42 Å². The molecule has 0 radical (unpaired) electrons. The molecule has 0 saturated heterocycles. The zero-order valence-electron chi connectivity index (χ0n) is 16.1. The minimum atomic E-state index is 0.366. The predicted molar refractivity (Wildman–Crippen MR) is 108 cm³/mol. The summed E-state index contributed by atoms with van der Waals surface area (Å²) in [5.74, 6) is 3.19. The van der Waals surface area contributed by atoms with Gasteiger partial charge in [0.1, 0.15) is 17.2 Å². The summed E-state index contributed by atoms with van der Waals surface area (Å²) in [4.78, 5) is 4.45. The van der Waals surface area contributed by atoms with Crippen LogP contribution in [0.4, 0.5) is 17.5 Å². The molecule has 0 aliphatic rings. The standard InChI is InChI=1S/C20H23N5O3/c1-26-15-8-9-16(18(12-15)28-3)23-20-24-19(13-22-25-20)21-11-10-14-6-4-5-7-17(14)27-2/h4-9,12-13H,10-11H2,1-3H3,(H2,21,23,24,25). The molecule has 2 N–H and O–H groups in total. The number of hydrogen-bond donors (Lipinski definition) is 2. The number of nitrogens with one attached hydrogen (secondary N) is 2. The van der Waals surface area contributed by atoms with Crippen LogP contribution in [-0.2, 0) is 6.42 Å². The molecule has 3 rings (SSSR count). The van der Waals surface area contributed by atoms with Crippen molar-refractivity contribution in [2.75, 3.05) is 38.5 Å². The van der Waals surface area contributed by atoms with Gasteiger partial charge in [-0.25, -0.2) is 0 Å². The molecule has 0 spiro atoms. The molecule has 8 nitrogen and oxygen atoms in total. The average Bonchev–Trinajstić information content (AvgIpc) is 2.74. The van der Waals surface area contributed by atoms with Crippen LogP contribution in [-0.4, -0.2) is 43.1 Å². The van der Waals surface area contributed by atoms with Crippen LogP contribution in [0.5, 0.6) is 17.2 Å². The highest BCUT2D eigenvalue weighted by Gasteiger charge is 2.08. The van der Waals surface area contributed by atoms with Crippen molar-refractivity contribution in [1.82, 2.24) is 15.2 Å². The van der Waals surface area contributed by atoms with Gasteiger partial charge in [0.05, 0.1) is 33.2 Å². The molecule has 2 aromatic carbocycles. The summed E-state index contributed by atoms with van der Waals surface area (Å²) in [6.07, 6.45) is 2.38. The molecule has 0 bridgehead atoms. The molecule has 0 saturated carbocycles. The number of anilines is 3. The minimum Gasteiger partial charge on any atom is -0.497 e. The van der Waals surface area contributed by atoms with Gasteiger partial charge in [-0.1, -0.05) is 18.2 Å². The molecule has 0 fully saturated rings. The number of aromatic nitrogens is 3. The van der Waals surface area contributed by atoms with Crippen LogP contribution in [0.25, 0.3) is 0 Å². The Morgan fingerprint density at radius 3 is 2.54 bits per heavy atom. The van der Waals surface area contributed by atoms with E-state index in [4.69, 9.17) is 14.2 Å². The number of para-hydroxylation sites is 1. The van der Waals surface area contributed by atoms with E-state index in [0.717, 1.165) is 23.4 Å². The third kappa shape index (κ3) is 4.79. The first-order valence-electron chi connectivity index (χ1n) is 8.78. The number of hydrogen-bond acceptors (Lipinski definition) is 8. The van der Waals surface area contributed by atoms with Gasteiger partial charge in [0.2, 0.25) is 5.95 Å². The Hall–Kier alpha value is -3.55. The number of methoxy groups -OCH3 is 3. The average molecular weight is 381 g/mol. The Morgan fingerprint density at radius 2 is 1.75 bits per heavy atom. The Balaban J connectivity index is 1.64. The largest absolute Gasteiger partial charge is 0.497 e. The van der Waals surface area contributed by atoms with Crippen molar-refractivity contribution >= 4 is 17.5 Å². The molecular weight excluding hydrogens is 358 g/mol. The van der Waals surface area contributed by atoms with Crippen LogP contribution in [0.1, 0.15) is 5.56 Å². The van der Waals surface area contributed by atoms with Gasteiger partial charge in [-0.15, -0.1) is 5.10 Å². The van der Waals surface area contributed by atoms with E-state index in [9.17, 15) is 0 Å². The molecule has 3 aromatic rings. The normalized spacial score (nSPS) is 10.2. The van der Waals surface area contributed by atoms with Crippen LogP contribution in [0.3, 0.4) is 0 Å². The van der Waals surface area contributed by atoms with E-state index in [1.54, 1.807) is 33.6 Å². The van der Waals surface area contributed by atoms with E-state index in [1.807, 2.05) is 36.4 Å². The molecule has 0 aliphatic heterocycles. The van der Waals surface area contributed by atoms with Crippen LogP contribution < -0.4 is 24.8 Å². The summed E-state index contributed by atoms with van der Waals surface area (Å²) in [5, 5.41) is 14.4. The fourth-order valence-corrected chi connectivity index (χ4v) is 2.70. The predicted octanol–water partition coefficient (Wildman–Crippen LogP) is 3.30. The van der Waals surface area contributed by atoms with Crippen molar-refractivity contribution in [2.24, 2.45) is 0 Å². The Kier molecular flexibility index (Phi) is 6.46. The number of nitrogens with zero attached hydrogens (tertiary/aromatic N) is 3. The maximum atomic E-state index is 5.38. The van der Waals surface area contributed by atoms with Crippen molar-refractivity contribution in [1.29, 1.82) is 0 Å². The van der Waals surface area contributed by atoms with Gasteiger partial charge < -0.3 is 24.8 Å². The van der Waals surface area contributed by atoms with Gasteiger partial charge in [-0.05, 0) is 30.2 Å². The van der Waals surface area contributed by atoms with Crippen LogP contribution in [0, 0.1) is 0 Å². The Labute approximate surface area is 163 Å². The molecule has 0 aliphatic carbocycles. The monoisotopic (exact) mass is 381 g/mol. The molecular formula is C20H23N5O3. The van der Waals surface area contributed by atoms with Crippen LogP contribution in [0.15, 0.2) is 48.7 Å². The first-order valence-corrected chi connectivity index (χ1v) is 8.78. The molecule has 8 heteroatoms. The molecule has 146 valence electrons. The summed E-state index contributed by atoms with van der Waals surface area (Å²) < 4.78 is 16.0. The first kappa shape index (κ1) is 19.2. The van der Waals surface area contributed by atoms with Crippen molar-refractivity contribution < 1.29 is 14.2 Å². The quantitative estimate of drug-likeness (QED) is 0.583. The number of ether oxygens (including phenoxy) is 3. The lowest BCUT2D eigenvalue weighted by atomic mass is 10.1. The van der Waals surface area contributed by atoms with E-state index in [2.05, 4.69) is 25.8 Å². The molecule has 1 heterocycles. The zero-order valence-corrected chi connectivity index (χ0v) is 16.1. The molecule has 1 aromatic heterocycles. The van der Waals surface area contributed by atoms with Gasteiger partial charge in [0, 0.05) is 12.6 Å². The highest BCUT2D eigenvalue weighted by Crippen LogP contribution is 2.30. The second-order valence-electron chi connectivity index (χ2n) is 5.85. The second-order valence-corrected chi connectivity index (χ2v) is 5.85. The van der Waals surface area contributed by atoms with Gasteiger partial charge in [-0.3, -0.25) is 0 Å². The number of rotatable bonds is 9. The van der Waals surface area contributed by atoms with E-state index >= 15 is 0 Å². The maximum Gasteiger partial charge on any atom is 0.249 e. The smallest absolute Gasteiger partial charge is 0.249 e. The van der Waals surface area contributed by atoms with Gasteiger partial charge in [0.15, 0.2) is 5.82 Å². The molecule has 0 atom stereocenters. The third-order valence-electron chi connectivity index (χ3n) is 4.11. The fourth-order valence-electron chi connectivity index (χ4n) is 2.70. The highest BCUT2D eigenvalue weighted by atomic mass is 16.5. The summed E-state index contributed by atoms with van der Waals surface area (Å²) in [7, 11) is 4.87. The zero-order chi connectivity index (χ0) is 19.8. The lowest BCUT2D eigenvalue weighted by molar-refractivity contribution is 0.395. The van der Waals surface area contributed by atoms with Crippen molar-refractivity contribution in [3.63, 3.8) is 0 Å². The third-order valence-corrected chi connectivity index (χ3v) is 4.11.